The van der Waals surface area contributed by atoms with Crippen molar-refractivity contribution in [3.8, 4) is 11.5 Å². The quantitative estimate of drug-likeness (QED) is 0.856. The van der Waals surface area contributed by atoms with Crippen molar-refractivity contribution in [3.05, 3.63) is 23.8 Å². The normalized spacial score (nSPS) is 20.3. The molecule has 0 bridgehead atoms. The minimum atomic E-state index is 0.287. The molecule has 0 spiro atoms. The molecule has 1 N–H and O–H groups in total. The van der Waals surface area contributed by atoms with Gasteiger partial charge in [-0.05, 0) is 43.4 Å². The molecule has 1 aliphatic carbocycles. The van der Waals surface area contributed by atoms with Crippen LogP contribution in [0, 0.1) is 5.92 Å². The second-order valence-corrected chi connectivity index (χ2v) is 5.40. The number of benzene rings is 1. The van der Waals surface area contributed by atoms with Crippen LogP contribution in [0.1, 0.15) is 31.4 Å². The predicted molar refractivity (Wildman–Crippen MR) is 72.5 cm³/mol. The number of hydrogen-bond donors (Lipinski definition) is 1. The molecule has 0 saturated heterocycles. The molecule has 1 aromatic rings. The van der Waals surface area contributed by atoms with Crippen LogP contribution in [0.4, 0.5) is 0 Å². The summed E-state index contributed by atoms with van der Waals surface area (Å²) in [6.45, 7) is 3.29. The molecule has 0 radical (unpaired) electrons. The van der Waals surface area contributed by atoms with Gasteiger partial charge in [0.05, 0.1) is 6.61 Å². The van der Waals surface area contributed by atoms with Gasteiger partial charge in [-0.3, -0.25) is 0 Å². The zero-order chi connectivity index (χ0) is 13.2. The van der Waals surface area contributed by atoms with E-state index in [0.29, 0.717) is 12.8 Å². The van der Waals surface area contributed by atoms with Crippen molar-refractivity contribution in [2.75, 3.05) is 20.5 Å². The van der Waals surface area contributed by atoms with Crippen LogP contribution in [0.3, 0.4) is 0 Å². The van der Waals surface area contributed by atoms with Crippen LogP contribution in [0.5, 0.6) is 11.5 Å². The van der Waals surface area contributed by atoms with E-state index in [1.807, 2.05) is 6.07 Å². The molecule has 0 amide bonds. The van der Waals surface area contributed by atoms with Gasteiger partial charge < -0.3 is 19.5 Å². The third kappa shape index (κ3) is 2.85. The Bertz CT molecular complexity index is 445. The van der Waals surface area contributed by atoms with Crippen LogP contribution >= 0.6 is 0 Å². The summed E-state index contributed by atoms with van der Waals surface area (Å²) >= 11 is 0. The predicted octanol–water partition coefficient (Wildman–Crippen LogP) is 2.49. The Kier molecular flexibility index (Phi) is 3.62. The van der Waals surface area contributed by atoms with Crippen LogP contribution in [-0.4, -0.2) is 26.6 Å². The van der Waals surface area contributed by atoms with Gasteiger partial charge in [-0.15, -0.1) is 0 Å². The van der Waals surface area contributed by atoms with Crippen molar-refractivity contribution in [3.63, 3.8) is 0 Å². The summed E-state index contributed by atoms with van der Waals surface area (Å²) in [6.07, 6.45) is 2.63. The fourth-order valence-corrected chi connectivity index (χ4v) is 2.60. The van der Waals surface area contributed by atoms with E-state index in [1.54, 1.807) is 7.11 Å². The molecule has 19 heavy (non-hydrogen) atoms. The number of nitrogens with one attached hydrogen (secondary N) is 1. The van der Waals surface area contributed by atoms with E-state index < -0.39 is 0 Å². The molecule has 4 heteroatoms. The summed E-state index contributed by atoms with van der Waals surface area (Å²) < 4.78 is 16.1. The van der Waals surface area contributed by atoms with Gasteiger partial charge in [-0.1, -0.05) is 6.07 Å². The first-order valence-corrected chi connectivity index (χ1v) is 6.92. The molecule has 1 saturated carbocycles. The molecule has 4 nitrogen and oxygen atoms in total. The second-order valence-electron chi connectivity index (χ2n) is 5.40. The summed E-state index contributed by atoms with van der Waals surface area (Å²) in [5.74, 6) is 2.46. The van der Waals surface area contributed by atoms with Gasteiger partial charge in [-0.2, -0.15) is 0 Å². The Labute approximate surface area is 114 Å². The number of methoxy groups -OCH3 is 1. The van der Waals surface area contributed by atoms with Crippen molar-refractivity contribution in [2.24, 2.45) is 5.92 Å². The molecule has 1 aliphatic heterocycles. The molecule has 1 fully saturated rings. The van der Waals surface area contributed by atoms with E-state index in [9.17, 15) is 0 Å². The number of hydrogen-bond acceptors (Lipinski definition) is 4. The fraction of sp³-hybridized carbons (Fsp3) is 0.600. The maximum absolute atomic E-state index is 5.43. The highest BCUT2D eigenvalue weighted by molar-refractivity contribution is 5.45. The molecule has 2 unspecified atom stereocenters. The lowest BCUT2D eigenvalue weighted by molar-refractivity contribution is 0.152. The molecule has 3 rings (SSSR count). The van der Waals surface area contributed by atoms with E-state index in [-0.39, 0.29) is 6.04 Å². The molecule has 1 heterocycles. The van der Waals surface area contributed by atoms with Crippen molar-refractivity contribution in [1.29, 1.82) is 0 Å². The topological polar surface area (TPSA) is 39.7 Å². The third-order valence-electron chi connectivity index (χ3n) is 3.90. The Morgan fingerprint density at radius 3 is 2.84 bits per heavy atom. The maximum atomic E-state index is 5.43. The van der Waals surface area contributed by atoms with E-state index >= 15 is 0 Å². The summed E-state index contributed by atoms with van der Waals surface area (Å²) in [4.78, 5) is 0. The van der Waals surface area contributed by atoms with Crippen LogP contribution in [0.15, 0.2) is 18.2 Å². The average molecular weight is 263 g/mol. The third-order valence-corrected chi connectivity index (χ3v) is 3.90. The highest BCUT2D eigenvalue weighted by Gasteiger charge is 2.32. The van der Waals surface area contributed by atoms with Gasteiger partial charge in [0.15, 0.2) is 11.5 Å². The Morgan fingerprint density at radius 1 is 1.32 bits per heavy atom. The lowest BCUT2D eigenvalue weighted by Crippen LogP contribution is -2.36. The first-order chi connectivity index (χ1) is 9.28. The molecule has 0 aromatic heterocycles. The standard InChI is InChI=1S/C15H21NO3/c1-10(16-13(8-17-2)11-3-4-11)12-5-6-14-15(7-12)19-9-18-14/h5-7,10-11,13,16H,3-4,8-9H2,1-2H3. The SMILES string of the molecule is COCC(NC(C)c1ccc2c(c1)OCO2)C1CC1. The monoisotopic (exact) mass is 263 g/mol. The molecule has 1 aromatic carbocycles. The smallest absolute Gasteiger partial charge is 0.231 e. The van der Waals surface area contributed by atoms with Gasteiger partial charge >= 0.3 is 0 Å². The minimum absolute atomic E-state index is 0.287. The lowest BCUT2D eigenvalue weighted by Gasteiger charge is -2.23. The number of fused-ring (bicyclic) bond motifs is 1. The van der Waals surface area contributed by atoms with Crippen LogP contribution in [0.25, 0.3) is 0 Å². The van der Waals surface area contributed by atoms with Crippen LogP contribution in [-0.2, 0) is 4.74 Å². The van der Waals surface area contributed by atoms with E-state index in [0.717, 1.165) is 24.0 Å². The highest BCUT2D eigenvalue weighted by Crippen LogP contribution is 2.36. The average Bonchev–Trinajstić information content (AvgIpc) is 3.15. The molecular weight excluding hydrogens is 242 g/mol. The highest BCUT2D eigenvalue weighted by atomic mass is 16.7. The van der Waals surface area contributed by atoms with Crippen molar-refractivity contribution < 1.29 is 14.2 Å². The van der Waals surface area contributed by atoms with Crippen LogP contribution < -0.4 is 14.8 Å². The van der Waals surface area contributed by atoms with E-state index in [1.165, 1.54) is 18.4 Å². The first kappa shape index (κ1) is 12.8. The van der Waals surface area contributed by atoms with Crippen LogP contribution in [0.2, 0.25) is 0 Å². The van der Waals surface area contributed by atoms with Crippen molar-refractivity contribution >= 4 is 0 Å². The Morgan fingerprint density at radius 2 is 2.11 bits per heavy atom. The summed E-state index contributed by atoms with van der Waals surface area (Å²) in [5, 5.41) is 3.67. The van der Waals surface area contributed by atoms with E-state index in [4.69, 9.17) is 14.2 Å². The number of ether oxygens (including phenoxy) is 3. The summed E-state index contributed by atoms with van der Waals surface area (Å²) in [5.41, 5.74) is 1.23. The van der Waals surface area contributed by atoms with Gasteiger partial charge in [-0.25, -0.2) is 0 Å². The molecular formula is C15H21NO3. The van der Waals surface area contributed by atoms with Gasteiger partial charge in [0, 0.05) is 19.2 Å². The number of rotatable bonds is 6. The van der Waals surface area contributed by atoms with Gasteiger partial charge in [0.25, 0.3) is 0 Å². The first-order valence-electron chi connectivity index (χ1n) is 6.92. The second kappa shape index (κ2) is 5.39. The maximum Gasteiger partial charge on any atom is 0.231 e. The zero-order valence-corrected chi connectivity index (χ0v) is 11.5. The molecule has 2 aliphatic rings. The van der Waals surface area contributed by atoms with Gasteiger partial charge in [0.1, 0.15) is 0 Å². The molecule has 104 valence electrons. The Hall–Kier alpha value is -1.26. The largest absolute Gasteiger partial charge is 0.454 e. The van der Waals surface area contributed by atoms with Crippen molar-refractivity contribution in [2.45, 2.75) is 31.8 Å². The molecule has 2 atom stereocenters. The summed E-state index contributed by atoms with van der Waals surface area (Å²) in [6, 6.07) is 6.89. The van der Waals surface area contributed by atoms with Crippen molar-refractivity contribution in [1.82, 2.24) is 5.32 Å². The Balaban J connectivity index is 1.67. The van der Waals surface area contributed by atoms with E-state index in [2.05, 4.69) is 24.4 Å². The zero-order valence-electron chi connectivity index (χ0n) is 11.5. The van der Waals surface area contributed by atoms with Gasteiger partial charge in [0.2, 0.25) is 6.79 Å². The summed E-state index contributed by atoms with van der Waals surface area (Å²) in [7, 11) is 1.77. The fourth-order valence-electron chi connectivity index (χ4n) is 2.60. The lowest BCUT2D eigenvalue weighted by atomic mass is 10.1. The minimum Gasteiger partial charge on any atom is -0.454 e.